The Kier molecular flexibility index (Phi) is 7.74. The SMILES string of the molecule is CN(C)c1ccc(CNCC[C@@H](Cc2ccccc2)[C@H]2CCOC(C)(C)C2)cc1. The molecule has 2 aromatic rings. The fourth-order valence-electron chi connectivity index (χ4n) is 4.53. The summed E-state index contributed by atoms with van der Waals surface area (Å²) in [5.41, 5.74) is 4.07. The smallest absolute Gasteiger partial charge is 0.0629 e. The van der Waals surface area contributed by atoms with E-state index in [1.807, 2.05) is 0 Å². The largest absolute Gasteiger partial charge is 0.378 e. The Morgan fingerprint density at radius 1 is 1.03 bits per heavy atom. The molecule has 0 saturated carbocycles. The third kappa shape index (κ3) is 6.87. The second-order valence-corrected chi connectivity index (χ2v) is 9.34. The van der Waals surface area contributed by atoms with E-state index in [2.05, 4.69) is 92.8 Å². The number of benzene rings is 2. The first-order chi connectivity index (χ1) is 13.9. The molecule has 0 bridgehead atoms. The molecule has 158 valence electrons. The lowest BCUT2D eigenvalue weighted by molar-refractivity contribution is -0.0830. The van der Waals surface area contributed by atoms with Crippen LogP contribution in [0.5, 0.6) is 0 Å². The van der Waals surface area contributed by atoms with Crippen LogP contribution in [0.15, 0.2) is 54.6 Å². The third-order valence-electron chi connectivity index (χ3n) is 6.22. The van der Waals surface area contributed by atoms with Crippen LogP contribution < -0.4 is 10.2 Å². The molecule has 0 amide bonds. The van der Waals surface area contributed by atoms with Crippen molar-refractivity contribution in [2.75, 3.05) is 32.1 Å². The fourth-order valence-corrected chi connectivity index (χ4v) is 4.53. The summed E-state index contributed by atoms with van der Waals surface area (Å²) in [7, 11) is 4.16. The lowest BCUT2D eigenvalue weighted by Crippen LogP contribution is -2.38. The van der Waals surface area contributed by atoms with E-state index < -0.39 is 0 Å². The van der Waals surface area contributed by atoms with Crippen molar-refractivity contribution >= 4 is 5.69 Å². The molecule has 0 unspecified atom stereocenters. The summed E-state index contributed by atoms with van der Waals surface area (Å²) in [4.78, 5) is 2.14. The number of anilines is 1. The predicted molar refractivity (Wildman–Crippen MR) is 123 cm³/mol. The van der Waals surface area contributed by atoms with Crippen LogP contribution >= 0.6 is 0 Å². The van der Waals surface area contributed by atoms with E-state index in [0.29, 0.717) is 5.92 Å². The van der Waals surface area contributed by atoms with E-state index in [1.54, 1.807) is 0 Å². The van der Waals surface area contributed by atoms with Gasteiger partial charge < -0.3 is 15.0 Å². The molecular weight excluding hydrogens is 356 g/mol. The van der Waals surface area contributed by atoms with Gasteiger partial charge in [-0.15, -0.1) is 0 Å². The molecule has 0 spiro atoms. The van der Waals surface area contributed by atoms with Crippen molar-refractivity contribution in [1.29, 1.82) is 0 Å². The zero-order valence-corrected chi connectivity index (χ0v) is 18.7. The van der Waals surface area contributed by atoms with Gasteiger partial charge in [-0.3, -0.25) is 0 Å². The average Bonchev–Trinajstić information content (AvgIpc) is 2.70. The van der Waals surface area contributed by atoms with E-state index in [9.17, 15) is 0 Å². The Labute approximate surface area is 177 Å². The Hall–Kier alpha value is -1.84. The lowest BCUT2D eigenvalue weighted by atomic mass is 9.75. The van der Waals surface area contributed by atoms with Gasteiger partial charge in [0.2, 0.25) is 0 Å². The van der Waals surface area contributed by atoms with E-state index >= 15 is 0 Å². The Morgan fingerprint density at radius 3 is 2.41 bits per heavy atom. The van der Waals surface area contributed by atoms with Crippen LogP contribution in [0.1, 0.15) is 44.2 Å². The molecule has 1 N–H and O–H groups in total. The van der Waals surface area contributed by atoms with Gasteiger partial charge in [0.05, 0.1) is 5.60 Å². The maximum absolute atomic E-state index is 5.99. The highest BCUT2D eigenvalue weighted by molar-refractivity contribution is 5.45. The van der Waals surface area contributed by atoms with Crippen LogP contribution in [0.4, 0.5) is 5.69 Å². The van der Waals surface area contributed by atoms with Crippen LogP contribution in [0.2, 0.25) is 0 Å². The fraction of sp³-hybridized carbons (Fsp3) is 0.538. The number of hydrogen-bond donors (Lipinski definition) is 1. The van der Waals surface area contributed by atoms with Gasteiger partial charge in [0, 0.05) is 32.9 Å². The van der Waals surface area contributed by atoms with Crippen molar-refractivity contribution in [2.45, 2.75) is 51.7 Å². The van der Waals surface area contributed by atoms with Crippen LogP contribution in [0.3, 0.4) is 0 Å². The van der Waals surface area contributed by atoms with E-state index in [4.69, 9.17) is 4.74 Å². The molecule has 0 aromatic heterocycles. The second kappa shape index (κ2) is 10.3. The van der Waals surface area contributed by atoms with Crippen LogP contribution in [0.25, 0.3) is 0 Å². The summed E-state index contributed by atoms with van der Waals surface area (Å²) in [6.45, 7) is 7.38. The van der Waals surface area contributed by atoms with Crippen LogP contribution in [0, 0.1) is 11.8 Å². The Morgan fingerprint density at radius 2 is 1.76 bits per heavy atom. The highest BCUT2D eigenvalue weighted by Crippen LogP contribution is 2.36. The average molecular weight is 395 g/mol. The molecule has 1 saturated heterocycles. The molecule has 1 aliphatic heterocycles. The Bertz CT molecular complexity index is 724. The van der Waals surface area contributed by atoms with E-state index in [0.717, 1.165) is 32.0 Å². The summed E-state index contributed by atoms with van der Waals surface area (Å²) in [5, 5.41) is 3.68. The summed E-state index contributed by atoms with van der Waals surface area (Å²) in [6.07, 6.45) is 4.73. The lowest BCUT2D eigenvalue weighted by Gasteiger charge is -2.39. The topological polar surface area (TPSA) is 24.5 Å². The molecule has 1 fully saturated rings. The minimum absolute atomic E-state index is 0.0134. The number of nitrogens with zero attached hydrogens (tertiary/aromatic N) is 1. The minimum Gasteiger partial charge on any atom is -0.378 e. The normalized spacial score (nSPS) is 19.7. The molecule has 29 heavy (non-hydrogen) atoms. The minimum atomic E-state index is 0.0134. The zero-order valence-electron chi connectivity index (χ0n) is 18.7. The van der Waals surface area contributed by atoms with E-state index in [-0.39, 0.29) is 5.60 Å². The van der Waals surface area contributed by atoms with Gasteiger partial charge in [0.15, 0.2) is 0 Å². The first-order valence-electron chi connectivity index (χ1n) is 11.1. The molecular formula is C26H38N2O. The van der Waals surface area contributed by atoms with Crippen molar-refractivity contribution in [2.24, 2.45) is 11.8 Å². The summed E-state index contributed by atoms with van der Waals surface area (Å²) < 4.78 is 5.99. The summed E-state index contributed by atoms with van der Waals surface area (Å²) >= 11 is 0. The number of rotatable bonds is 9. The second-order valence-electron chi connectivity index (χ2n) is 9.34. The summed E-state index contributed by atoms with van der Waals surface area (Å²) in [5.74, 6) is 1.43. The quantitative estimate of drug-likeness (QED) is 0.584. The molecule has 2 aromatic carbocycles. The Balaban J connectivity index is 1.55. The number of ether oxygens (including phenoxy) is 1. The maximum Gasteiger partial charge on any atom is 0.0629 e. The van der Waals surface area contributed by atoms with E-state index in [1.165, 1.54) is 36.1 Å². The molecule has 1 aliphatic rings. The van der Waals surface area contributed by atoms with Gasteiger partial charge in [-0.05, 0) is 81.2 Å². The molecule has 2 atom stereocenters. The van der Waals surface area contributed by atoms with Gasteiger partial charge in [0.1, 0.15) is 0 Å². The van der Waals surface area contributed by atoms with Crippen molar-refractivity contribution in [1.82, 2.24) is 5.32 Å². The monoisotopic (exact) mass is 394 g/mol. The van der Waals surface area contributed by atoms with Crippen molar-refractivity contribution in [3.05, 3.63) is 65.7 Å². The first kappa shape index (κ1) is 21.9. The number of nitrogens with one attached hydrogen (secondary N) is 1. The van der Waals surface area contributed by atoms with Gasteiger partial charge in [0.25, 0.3) is 0 Å². The number of hydrogen-bond acceptors (Lipinski definition) is 3. The molecule has 1 heterocycles. The highest BCUT2D eigenvalue weighted by atomic mass is 16.5. The molecule has 3 heteroatoms. The van der Waals surface area contributed by atoms with Crippen molar-refractivity contribution < 1.29 is 4.74 Å². The molecule has 3 rings (SSSR count). The van der Waals surface area contributed by atoms with Gasteiger partial charge in [-0.25, -0.2) is 0 Å². The predicted octanol–water partition coefficient (Wildman–Crippen LogP) is 5.30. The summed E-state index contributed by atoms with van der Waals surface area (Å²) in [6, 6.07) is 19.8. The standard InChI is InChI=1S/C26H38N2O/c1-26(2)19-24(15-17-29-26)23(18-21-8-6-5-7-9-21)14-16-27-20-22-10-12-25(13-11-22)28(3)4/h5-13,23-24,27H,14-20H2,1-4H3/t23-,24-/m0/s1. The first-order valence-corrected chi connectivity index (χ1v) is 11.1. The van der Waals surface area contributed by atoms with Gasteiger partial charge >= 0.3 is 0 Å². The van der Waals surface area contributed by atoms with Crippen molar-refractivity contribution in [3.63, 3.8) is 0 Å². The molecule has 3 nitrogen and oxygen atoms in total. The van der Waals surface area contributed by atoms with Gasteiger partial charge in [-0.1, -0.05) is 42.5 Å². The van der Waals surface area contributed by atoms with Gasteiger partial charge in [-0.2, -0.15) is 0 Å². The molecule has 0 radical (unpaired) electrons. The molecule has 0 aliphatic carbocycles. The highest BCUT2D eigenvalue weighted by Gasteiger charge is 2.33. The zero-order chi connectivity index (χ0) is 20.7. The van der Waals surface area contributed by atoms with Crippen molar-refractivity contribution in [3.8, 4) is 0 Å². The van der Waals surface area contributed by atoms with Crippen LogP contribution in [-0.4, -0.2) is 32.8 Å². The van der Waals surface area contributed by atoms with Crippen LogP contribution in [-0.2, 0) is 17.7 Å². The maximum atomic E-state index is 5.99. The third-order valence-corrected chi connectivity index (χ3v) is 6.22.